The minimum absolute atomic E-state index is 0.591. The maximum Gasteiger partial charge on any atom is 0.408 e. The number of benzene rings is 1. The molecule has 1 rings (SSSR count). The first-order valence-electron chi connectivity index (χ1n) is 6.82. The number of nitrogens with one attached hydrogen (secondary N) is 1. The SMILES string of the molecule is CON(C)C(=O)C(NC(=O)OC(C)(C)C)c1c(F)cccc1F. The van der Waals surface area contributed by atoms with Gasteiger partial charge in [0.25, 0.3) is 5.91 Å². The van der Waals surface area contributed by atoms with E-state index in [0.29, 0.717) is 0 Å². The lowest BCUT2D eigenvalue weighted by Crippen LogP contribution is -2.43. The van der Waals surface area contributed by atoms with Gasteiger partial charge in [-0.1, -0.05) is 6.07 Å². The Morgan fingerprint density at radius 1 is 1.22 bits per heavy atom. The Hall–Kier alpha value is -2.22. The van der Waals surface area contributed by atoms with Crippen LogP contribution in [0.4, 0.5) is 13.6 Å². The lowest BCUT2D eigenvalue weighted by atomic mass is 10.0. The quantitative estimate of drug-likeness (QED) is 0.862. The molecule has 1 unspecified atom stereocenters. The van der Waals surface area contributed by atoms with Crippen LogP contribution >= 0.6 is 0 Å². The van der Waals surface area contributed by atoms with Crippen molar-refractivity contribution in [3.8, 4) is 0 Å². The normalized spacial score (nSPS) is 12.5. The van der Waals surface area contributed by atoms with Gasteiger partial charge < -0.3 is 10.1 Å². The van der Waals surface area contributed by atoms with Crippen molar-refractivity contribution in [3.63, 3.8) is 0 Å². The third-order valence-electron chi connectivity index (χ3n) is 2.78. The Kier molecular flexibility index (Phi) is 6.03. The zero-order valence-electron chi connectivity index (χ0n) is 13.6. The molecule has 2 amide bonds. The Bertz CT molecular complexity index is 567. The fraction of sp³-hybridized carbons (Fsp3) is 0.467. The van der Waals surface area contributed by atoms with Gasteiger partial charge >= 0.3 is 6.09 Å². The van der Waals surface area contributed by atoms with Crippen molar-refractivity contribution in [1.82, 2.24) is 10.4 Å². The lowest BCUT2D eigenvalue weighted by Gasteiger charge is -2.26. The fourth-order valence-corrected chi connectivity index (χ4v) is 1.74. The van der Waals surface area contributed by atoms with E-state index >= 15 is 0 Å². The maximum atomic E-state index is 14.0. The molecule has 0 aliphatic heterocycles. The van der Waals surface area contributed by atoms with Gasteiger partial charge in [0.05, 0.1) is 12.7 Å². The summed E-state index contributed by atoms with van der Waals surface area (Å²) in [5, 5.41) is 2.93. The minimum atomic E-state index is -1.63. The van der Waals surface area contributed by atoms with Crippen LogP contribution in [0, 0.1) is 11.6 Å². The molecule has 1 N–H and O–H groups in total. The number of hydrogen-bond donors (Lipinski definition) is 1. The summed E-state index contributed by atoms with van der Waals surface area (Å²) in [6.45, 7) is 4.86. The van der Waals surface area contributed by atoms with Crippen molar-refractivity contribution < 1.29 is 27.9 Å². The van der Waals surface area contributed by atoms with Crippen molar-refractivity contribution in [3.05, 3.63) is 35.4 Å². The molecule has 0 saturated heterocycles. The van der Waals surface area contributed by atoms with E-state index in [9.17, 15) is 18.4 Å². The Balaban J connectivity index is 3.18. The Morgan fingerprint density at radius 3 is 2.17 bits per heavy atom. The number of ether oxygens (including phenoxy) is 1. The molecule has 0 aliphatic carbocycles. The van der Waals surface area contributed by atoms with Crippen molar-refractivity contribution in [2.24, 2.45) is 0 Å². The third kappa shape index (κ3) is 5.17. The molecule has 0 spiro atoms. The standard InChI is InChI=1S/C15H20F2N2O4/c1-15(2,3)23-14(21)18-12(13(20)19(4)22-5)11-9(16)7-6-8-10(11)17/h6-8,12H,1-5H3,(H,18,21). The monoisotopic (exact) mass is 330 g/mol. The van der Waals surface area contributed by atoms with E-state index in [-0.39, 0.29) is 0 Å². The molecule has 0 bridgehead atoms. The molecule has 0 aliphatic rings. The second-order valence-electron chi connectivity index (χ2n) is 5.73. The molecule has 23 heavy (non-hydrogen) atoms. The summed E-state index contributed by atoms with van der Waals surface area (Å²) in [5.74, 6) is -2.80. The zero-order chi connectivity index (χ0) is 17.8. The number of rotatable bonds is 4. The van der Waals surface area contributed by atoms with Crippen LogP contribution in [0.5, 0.6) is 0 Å². The summed E-state index contributed by atoms with van der Waals surface area (Å²) in [7, 11) is 2.46. The van der Waals surface area contributed by atoms with E-state index in [2.05, 4.69) is 5.32 Å². The summed E-state index contributed by atoms with van der Waals surface area (Å²) < 4.78 is 33.0. The topological polar surface area (TPSA) is 67.9 Å². The van der Waals surface area contributed by atoms with E-state index in [1.807, 2.05) is 0 Å². The summed E-state index contributed by atoms with van der Waals surface area (Å²) in [6, 6.07) is 1.50. The Labute approximate surface area is 133 Å². The highest BCUT2D eigenvalue weighted by atomic mass is 19.1. The van der Waals surface area contributed by atoms with Crippen molar-refractivity contribution in [1.29, 1.82) is 0 Å². The van der Waals surface area contributed by atoms with E-state index in [0.717, 1.165) is 23.3 Å². The molecular weight excluding hydrogens is 310 g/mol. The number of likely N-dealkylation sites (N-methyl/N-ethyl adjacent to an activating group) is 1. The van der Waals surface area contributed by atoms with E-state index < -0.39 is 40.8 Å². The minimum Gasteiger partial charge on any atom is -0.444 e. The predicted octanol–water partition coefficient (Wildman–Crippen LogP) is 2.55. The number of carbonyl (C=O) groups is 2. The first-order chi connectivity index (χ1) is 10.6. The van der Waals surface area contributed by atoms with Crippen LogP contribution in [0.15, 0.2) is 18.2 Å². The smallest absolute Gasteiger partial charge is 0.408 e. The molecule has 0 radical (unpaired) electrons. The summed E-state index contributed by atoms with van der Waals surface area (Å²) in [6.07, 6.45) is -0.983. The van der Waals surface area contributed by atoms with Crippen LogP contribution < -0.4 is 5.32 Å². The average molecular weight is 330 g/mol. The summed E-state index contributed by atoms with van der Waals surface area (Å²) in [5.41, 5.74) is -1.43. The van der Waals surface area contributed by atoms with E-state index in [1.54, 1.807) is 20.8 Å². The number of amides is 2. The molecule has 0 fully saturated rings. The molecule has 0 aromatic heterocycles. The molecule has 1 aromatic carbocycles. The second kappa shape index (κ2) is 7.36. The van der Waals surface area contributed by atoms with Crippen molar-refractivity contribution >= 4 is 12.0 Å². The molecule has 0 saturated carbocycles. The Morgan fingerprint density at radius 2 is 1.74 bits per heavy atom. The zero-order valence-corrected chi connectivity index (χ0v) is 13.6. The number of carbonyl (C=O) groups excluding carboxylic acids is 2. The number of halogens is 2. The van der Waals surface area contributed by atoms with Gasteiger partial charge in [-0.25, -0.2) is 18.6 Å². The van der Waals surface area contributed by atoms with Gasteiger partial charge in [-0.05, 0) is 32.9 Å². The van der Waals surface area contributed by atoms with Crippen LogP contribution in [0.25, 0.3) is 0 Å². The number of hydrogen-bond acceptors (Lipinski definition) is 4. The fourth-order valence-electron chi connectivity index (χ4n) is 1.74. The van der Waals surface area contributed by atoms with Crippen molar-refractivity contribution in [2.45, 2.75) is 32.4 Å². The van der Waals surface area contributed by atoms with Crippen molar-refractivity contribution in [2.75, 3.05) is 14.2 Å². The van der Waals surface area contributed by atoms with E-state index in [1.165, 1.54) is 14.2 Å². The van der Waals surface area contributed by atoms with Crippen LogP contribution in [-0.2, 0) is 14.4 Å². The van der Waals surface area contributed by atoms with Gasteiger partial charge in [0.2, 0.25) is 0 Å². The van der Waals surface area contributed by atoms with Gasteiger partial charge in [0, 0.05) is 7.05 Å². The van der Waals surface area contributed by atoms with Gasteiger partial charge in [-0.3, -0.25) is 9.63 Å². The van der Waals surface area contributed by atoms with Gasteiger partial charge in [0.15, 0.2) is 0 Å². The summed E-state index contributed by atoms with van der Waals surface area (Å²) in [4.78, 5) is 28.9. The third-order valence-corrected chi connectivity index (χ3v) is 2.78. The molecule has 0 heterocycles. The highest BCUT2D eigenvalue weighted by molar-refractivity contribution is 5.86. The average Bonchev–Trinajstić information content (AvgIpc) is 2.42. The number of alkyl carbamates (subject to hydrolysis) is 1. The summed E-state index contributed by atoms with van der Waals surface area (Å²) >= 11 is 0. The van der Waals surface area contributed by atoms with E-state index in [4.69, 9.17) is 9.57 Å². The maximum absolute atomic E-state index is 14.0. The highest BCUT2D eigenvalue weighted by Crippen LogP contribution is 2.23. The van der Waals surface area contributed by atoms with Crippen LogP contribution in [0.1, 0.15) is 32.4 Å². The van der Waals surface area contributed by atoms with Crippen LogP contribution in [-0.4, -0.2) is 36.8 Å². The second-order valence-corrected chi connectivity index (χ2v) is 5.73. The molecule has 1 atom stereocenters. The largest absolute Gasteiger partial charge is 0.444 e. The molecule has 128 valence electrons. The first kappa shape index (κ1) is 18.8. The molecule has 6 nitrogen and oxygen atoms in total. The molecule has 1 aromatic rings. The van der Waals surface area contributed by atoms with Gasteiger partial charge in [0.1, 0.15) is 23.3 Å². The van der Waals surface area contributed by atoms with Crippen LogP contribution in [0.2, 0.25) is 0 Å². The first-order valence-corrected chi connectivity index (χ1v) is 6.82. The molecule has 8 heteroatoms. The highest BCUT2D eigenvalue weighted by Gasteiger charge is 2.32. The molecular formula is C15H20F2N2O4. The van der Waals surface area contributed by atoms with Gasteiger partial charge in [-0.15, -0.1) is 0 Å². The number of nitrogens with zero attached hydrogens (tertiary/aromatic N) is 1. The van der Waals surface area contributed by atoms with Gasteiger partial charge in [-0.2, -0.15) is 0 Å². The lowest BCUT2D eigenvalue weighted by molar-refractivity contribution is -0.171. The van der Waals surface area contributed by atoms with Crippen LogP contribution in [0.3, 0.4) is 0 Å². The predicted molar refractivity (Wildman–Crippen MR) is 78.2 cm³/mol. The number of hydroxylamine groups is 2.